The van der Waals surface area contributed by atoms with Gasteiger partial charge >= 0.3 is 5.97 Å². The molecule has 0 spiro atoms. The molecule has 1 amide bonds. The molecule has 0 heterocycles. The number of nitrogens with zero attached hydrogens (tertiary/aromatic N) is 1. The van der Waals surface area contributed by atoms with Crippen LogP contribution in [0.15, 0.2) is 66.7 Å². The quantitative estimate of drug-likeness (QED) is 0.403. The molecule has 7 heteroatoms. The summed E-state index contributed by atoms with van der Waals surface area (Å²) in [5, 5.41) is 15.6. The maximum atomic E-state index is 12.5. The highest BCUT2D eigenvalue weighted by Gasteiger charge is 2.23. The van der Waals surface area contributed by atoms with E-state index in [0.29, 0.717) is 0 Å². The highest BCUT2D eigenvalue weighted by molar-refractivity contribution is 5.97. The average Bonchev–Trinajstić information content (AvgIpc) is 2.72. The van der Waals surface area contributed by atoms with Gasteiger partial charge in [0.1, 0.15) is 6.04 Å². The normalized spacial score (nSPS) is 11.6. The summed E-state index contributed by atoms with van der Waals surface area (Å²) in [5.41, 5.74) is 0.756. The first kappa shape index (κ1) is 19.0. The number of esters is 1. The van der Waals surface area contributed by atoms with E-state index in [2.05, 4.69) is 5.32 Å². The predicted molar refractivity (Wildman–Crippen MR) is 104 cm³/mol. The fourth-order valence-electron chi connectivity index (χ4n) is 2.94. The molecule has 7 nitrogen and oxygen atoms in total. The van der Waals surface area contributed by atoms with Gasteiger partial charge < -0.3 is 10.1 Å². The Kier molecular flexibility index (Phi) is 5.64. The Hall–Kier alpha value is -3.74. The molecule has 0 radical (unpaired) electrons. The third kappa shape index (κ3) is 4.32. The van der Waals surface area contributed by atoms with Crippen molar-refractivity contribution < 1.29 is 19.2 Å². The number of carbonyl (C=O) groups excluding carboxylic acids is 2. The Bertz CT molecular complexity index is 1050. The molecular formula is C21H18N2O5. The van der Waals surface area contributed by atoms with Gasteiger partial charge in [-0.15, -0.1) is 0 Å². The second-order valence-electron chi connectivity index (χ2n) is 6.24. The van der Waals surface area contributed by atoms with Crippen LogP contribution in [-0.4, -0.2) is 30.0 Å². The van der Waals surface area contributed by atoms with E-state index in [1.165, 1.54) is 31.4 Å². The van der Waals surface area contributed by atoms with Crippen molar-refractivity contribution >= 4 is 28.3 Å². The Morgan fingerprint density at radius 1 is 1.04 bits per heavy atom. The number of hydrogen-bond donors (Lipinski definition) is 1. The zero-order valence-electron chi connectivity index (χ0n) is 15.1. The first-order valence-electron chi connectivity index (χ1n) is 8.59. The Morgan fingerprint density at radius 2 is 1.79 bits per heavy atom. The average molecular weight is 378 g/mol. The number of carbonyl (C=O) groups is 2. The van der Waals surface area contributed by atoms with Crippen LogP contribution in [0.2, 0.25) is 0 Å². The van der Waals surface area contributed by atoms with E-state index in [-0.39, 0.29) is 17.7 Å². The first-order valence-corrected chi connectivity index (χ1v) is 8.59. The minimum atomic E-state index is -0.919. The van der Waals surface area contributed by atoms with Gasteiger partial charge in [0.2, 0.25) is 0 Å². The van der Waals surface area contributed by atoms with Gasteiger partial charge in [0, 0.05) is 24.1 Å². The molecule has 3 aromatic rings. The number of hydrogen-bond acceptors (Lipinski definition) is 5. The van der Waals surface area contributed by atoms with E-state index >= 15 is 0 Å². The maximum absolute atomic E-state index is 12.5. The van der Waals surface area contributed by atoms with Crippen LogP contribution in [0.25, 0.3) is 10.8 Å². The van der Waals surface area contributed by atoms with Gasteiger partial charge in [0.05, 0.1) is 12.0 Å². The number of nitro benzene ring substituents is 1. The fraction of sp³-hybridized carbons (Fsp3) is 0.143. The molecule has 0 saturated heterocycles. The second-order valence-corrected chi connectivity index (χ2v) is 6.24. The van der Waals surface area contributed by atoms with E-state index in [0.717, 1.165) is 16.3 Å². The molecule has 1 N–H and O–H groups in total. The molecule has 28 heavy (non-hydrogen) atoms. The lowest BCUT2D eigenvalue weighted by molar-refractivity contribution is -0.384. The lowest BCUT2D eigenvalue weighted by Gasteiger charge is -2.17. The van der Waals surface area contributed by atoms with Gasteiger partial charge in [-0.25, -0.2) is 4.79 Å². The van der Waals surface area contributed by atoms with Crippen molar-refractivity contribution in [2.45, 2.75) is 12.5 Å². The Labute approximate surface area is 161 Å². The number of fused-ring (bicyclic) bond motifs is 1. The van der Waals surface area contributed by atoms with Crippen molar-refractivity contribution in [1.82, 2.24) is 5.32 Å². The van der Waals surface area contributed by atoms with E-state index in [4.69, 9.17) is 4.74 Å². The summed E-state index contributed by atoms with van der Waals surface area (Å²) in [5.74, 6) is -1.17. The summed E-state index contributed by atoms with van der Waals surface area (Å²) in [6.07, 6.45) is 0.234. The van der Waals surface area contributed by atoms with Crippen LogP contribution < -0.4 is 5.32 Å². The van der Waals surface area contributed by atoms with Gasteiger partial charge in [0.15, 0.2) is 0 Å². The summed E-state index contributed by atoms with van der Waals surface area (Å²) in [4.78, 5) is 35.0. The monoisotopic (exact) mass is 378 g/mol. The van der Waals surface area contributed by atoms with Gasteiger partial charge in [-0.1, -0.05) is 48.5 Å². The van der Waals surface area contributed by atoms with Crippen LogP contribution in [0.5, 0.6) is 0 Å². The van der Waals surface area contributed by atoms with Crippen molar-refractivity contribution in [3.63, 3.8) is 0 Å². The molecule has 0 saturated carbocycles. The van der Waals surface area contributed by atoms with Gasteiger partial charge in [0.25, 0.3) is 11.6 Å². The van der Waals surface area contributed by atoms with Crippen molar-refractivity contribution in [3.8, 4) is 0 Å². The molecule has 0 unspecified atom stereocenters. The van der Waals surface area contributed by atoms with Gasteiger partial charge in [-0.05, 0) is 22.4 Å². The lowest BCUT2D eigenvalue weighted by Crippen LogP contribution is -2.43. The second kappa shape index (κ2) is 8.30. The molecular weight excluding hydrogens is 360 g/mol. The van der Waals surface area contributed by atoms with E-state index in [1.54, 1.807) is 0 Å². The summed E-state index contributed by atoms with van der Waals surface area (Å²) >= 11 is 0. The summed E-state index contributed by atoms with van der Waals surface area (Å²) in [6.45, 7) is 0. The van der Waals surface area contributed by atoms with E-state index in [9.17, 15) is 19.7 Å². The Balaban J connectivity index is 1.81. The molecule has 0 aliphatic heterocycles. The molecule has 0 fully saturated rings. The largest absolute Gasteiger partial charge is 0.467 e. The molecule has 3 aromatic carbocycles. The fourth-order valence-corrected chi connectivity index (χ4v) is 2.94. The number of methoxy groups -OCH3 is 1. The molecule has 0 aliphatic rings. The molecule has 1 atom stereocenters. The van der Waals surface area contributed by atoms with Crippen LogP contribution in [0.3, 0.4) is 0 Å². The number of benzene rings is 3. The number of nitro groups is 1. The minimum absolute atomic E-state index is 0.0987. The van der Waals surface area contributed by atoms with Crippen LogP contribution in [-0.2, 0) is 16.0 Å². The van der Waals surface area contributed by atoms with Crippen LogP contribution >= 0.6 is 0 Å². The van der Waals surface area contributed by atoms with Crippen LogP contribution in [0.1, 0.15) is 15.9 Å². The molecule has 142 valence electrons. The van der Waals surface area contributed by atoms with Crippen LogP contribution in [0.4, 0.5) is 5.69 Å². The van der Waals surface area contributed by atoms with E-state index in [1.807, 2.05) is 42.5 Å². The summed E-state index contributed by atoms with van der Waals surface area (Å²) in [7, 11) is 1.25. The number of ether oxygens (including phenoxy) is 1. The summed E-state index contributed by atoms with van der Waals surface area (Å²) < 4.78 is 4.81. The number of rotatable bonds is 6. The summed E-state index contributed by atoms with van der Waals surface area (Å²) in [6, 6.07) is 18.0. The lowest BCUT2D eigenvalue weighted by atomic mass is 10.0. The third-order valence-electron chi connectivity index (χ3n) is 4.36. The van der Waals surface area contributed by atoms with Crippen molar-refractivity contribution in [3.05, 3.63) is 88.0 Å². The standard InChI is InChI=1S/C21H18N2O5/c1-28-21(25)19(12-14-9-10-15-5-2-3-6-16(15)11-14)22-20(24)17-7-4-8-18(13-17)23(26)27/h2-11,13,19H,12H2,1H3,(H,22,24)/t19-/m0/s1. The highest BCUT2D eigenvalue weighted by Crippen LogP contribution is 2.18. The topological polar surface area (TPSA) is 98.5 Å². The highest BCUT2D eigenvalue weighted by atomic mass is 16.6. The maximum Gasteiger partial charge on any atom is 0.328 e. The van der Waals surface area contributed by atoms with Crippen molar-refractivity contribution in [2.24, 2.45) is 0 Å². The smallest absolute Gasteiger partial charge is 0.328 e. The minimum Gasteiger partial charge on any atom is -0.467 e. The van der Waals surface area contributed by atoms with Gasteiger partial charge in [-0.2, -0.15) is 0 Å². The molecule has 3 rings (SSSR count). The SMILES string of the molecule is COC(=O)[C@H](Cc1ccc2ccccc2c1)NC(=O)c1cccc([N+](=O)[O-])c1. The number of amides is 1. The predicted octanol–water partition coefficient (Wildman–Crippen LogP) is 3.26. The zero-order valence-corrected chi connectivity index (χ0v) is 15.1. The molecule has 0 aliphatic carbocycles. The van der Waals surface area contributed by atoms with E-state index < -0.39 is 22.8 Å². The Morgan fingerprint density at radius 3 is 2.50 bits per heavy atom. The zero-order chi connectivity index (χ0) is 20.1. The number of nitrogens with one attached hydrogen (secondary N) is 1. The third-order valence-corrected chi connectivity index (χ3v) is 4.36. The van der Waals surface area contributed by atoms with Gasteiger partial charge in [-0.3, -0.25) is 14.9 Å². The van der Waals surface area contributed by atoms with Crippen molar-refractivity contribution in [2.75, 3.05) is 7.11 Å². The van der Waals surface area contributed by atoms with Crippen LogP contribution in [0, 0.1) is 10.1 Å². The van der Waals surface area contributed by atoms with Crippen molar-refractivity contribution in [1.29, 1.82) is 0 Å². The first-order chi connectivity index (χ1) is 13.5. The number of non-ortho nitro benzene ring substituents is 1. The molecule has 0 bridgehead atoms. The molecule has 0 aromatic heterocycles.